The van der Waals surface area contributed by atoms with Crippen molar-refractivity contribution in [1.29, 1.82) is 0 Å². The summed E-state index contributed by atoms with van der Waals surface area (Å²) in [5.74, 6) is 0. The van der Waals surface area contributed by atoms with E-state index in [2.05, 4.69) is 174 Å². The van der Waals surface area contributed by atoms with Crippen molar-refractivity contribution in [2.45, 2.75) is 96.3 Å². The molecule has 0 saturated heterocycles. The van der Waals surface area contributed by atoms with Crippen LogP contribution < -0.4 is 4.90 Å². The van der Waals surface area contributed by atoms with Gasteiger partial charge in [0.05, 0.1) is 11.4 Å². The van der Waals surface area contributed by atoms with Crippen LogP contribution in [0.25, 0.3) is 33.4 Å². The third-order valence-electron chi connectivity index (χ3n) is 12.9. The highest BCUT2D eigenvalue weighted by Gasteiger charge is 2.41. The lowest BCUT2D eigenvalue weighted by Crippen LogP contribution is -2.34. The molecule has 52 heavy (non-hydrogen) atoms. The Balaban J connectivity index is 1.42. The first-order valence-electron chi connectivity index (χ1n) is 19.5. The Morgan fingerprint density at radius 2 is 1.04 bits per heavy atom. The Labute approximate surface area is 311 Å². The monoisotopic (exact) mass is 677 g/mol. The molecule has 0 amide bonds. The molecule has 0 N–H and O–H groups in total. The van der Waals surface area contributed by atoms with Crippen molar-refractivity contribution in [2.75, 3.05) is 4.90 Å². The summed E-state index contributed by atoms with van der Waals surface area (Å²) in [6.45, 7) is 14.7. The van der Waals surface area contributed by atoms with E-state index in [0.29, 0.717) is 0 Å². The van der Waals surface area contributed by atoms with Crippen LogP contribution in [0.1, 0.15) is 101 Å². The number of fused-ring (bicyclic) bond motifs is 5. The zero-order valence-electron chi connectivity index (χ0n) is 31.8. The molecule has 6 aromatic carbocycles. The topological polar surface area (TPSA) is 3.24 Å². The minimum atomic E-state index is -0.128. The highest BCUT2D eigenvalue weighted by Crippen LogP contribution is 2.57. The Bertz CT molecular complexity index is 2320. The van der Waals surface area contributed by atoms with Crippen molar-refractivity contribution in [3.05, 3.63) is 161 Å². The zero-order chi connectivity index (χ0) is 35.8. The highest BCUT2D eigenvalue weighted by molar-refractivity contribution is 5.98. The second-order valence-corrected chi connectivity index (χ2v) is 17.5. The van der Waals surface area contributed by atoms with Gasteiger partial charge in [-0.25, -0.2) is 0 Å². The Morgan fingerprint density at radius 1 is 0.442 bits per heavy atom. The Morgan fingerprint density at radius 3 is 1.79 bits per heavy atom. The molecule has 3 aliphatic rings. The molecule has 0 atom stereocenters. The standard InChI is InChI=1S/C51H51N/c1-49(2)28-29-50(3,4)48-39(25-17-27-44(48)49)42-32-41-38-24-15-16-26-43(38)51(5,6)45(41)33-47(42)52(37-22-11-8-12-23-37)46-31-36-21-14-13-20-35(36)30-40(46)34-18-9-7-10-19-34/h7-12,15-19,22-27,30-33H,13-14,20-21,28-29H2,1-6H3. The van der Waals surface area contributed by atoms with E-state index >= 15 is 0 Å². The molecule has 3 aliphatic carbocycles. The molecular weight excluding hydrogens is 627 g/mol. The van der Waals surface area contributed by atoms with E-state index in [1.807, 2.05) is 0 Å². The molecule has 260 valence electrons. The molecule has 0 aromatic heterocycles. The zero-order valence-corrected chi connectivity index (χ0v) is 31.8. The van der Waals surface area contributed by atoms with Crippen LogP contribution in [-0.2, 0) is 29.1 Å². The van der Waals surface area contributed by atoms with Gasteiger partial charge < -0.3 is 4.90 Å². The number of aryl methyl sites for hydroxylation is 2. The molecule has 1 heteroatoms. The lowest BCUT2D eigenvalue weighted by Gasteiger charge is -2.43. The van der Waals surface area contributed by atoms with Crippen molar-refractivity contribution in [3.63, 3.8) is 0 Å². The summed E-state index contributed by atoms with van der Waals surface area (Å²) in [7, 11) is 0. The van der Waals surface area contributed by atoms with Gasteiger partial charge in [0.2, 0.25) is 0 Å². The van der Waals surface area contributed by atoms with Gasteiger partial charge in [0.25, 0.3) is 0 Å². The molecule has 0 saturated carbocycles. The lowest BCUT2D eigenvalue weighted by molar-refractivity contribution is 0.333. The fraction of sp³-hybridized carbons (Fsp3) is 0.294. The number of nitrogens with zero attached hydrogens (tertiary/aromatic N) is 1. The maximum absolute atomic E-state index is 2.62. The second-order valence-electron chi connectivity index (χ2n) is 17.5. The van der Waals surface area contributed by atoms with Gasteiger partial charge in [-0.2, -0.15) is 0 Å². The van der Waals surface area contributed by atoms with Gasteiger partial charge in [0.1, 0.15) is 0 Å². The van der Waals surface area contributed by atoms with Crippen LogP contribution in [0, 0.1) is 0 Å². The summed E-state index contributed by atoms with van der Waals surface area (Å²) < 4.78 is 0. The highest BCUT2D eigenvalue weighted by atomic mass is 15.1. The number of benzene rings is 6. The van der Waals surface area contributed by atoms with E-state index in [1.54, 1.807) is 0 Å². The van der Waals surface area contributed by atoms with Crippen molar-refractivity contribution in [3.8, 4) is 33.4 Å². The minimum Gasteiger partial charge on any atom is -0.309 e. The smallest absolute Gasteiger partial charge is 0.0543 e. The minimum absolute atomic E-state index is 0.0491. The van der Waals surface area contributed by atoms with Crippen molar-refractivity contribution < 1.29 is 0 Å². The average molecular weight is 678 g/mol. The quantitative estimate of drug-likeness (QED) is 0.176. The van der Waals surface area contributed by atoms with Gasteiger partial charge in [-0.3, -0.25) is 0 Å². The first-order valence-corrected chi connectivity index (χ1v) is 19.5. The predicted octanol–water partition coefficient (Wildman–Crippen LogP) is 14.0. The largest absolute Gasteiger partial charge is 0.309 e. The predicted molar refractivity (Wildman–Crippen MR) is 221 cm³/mol. The van der Waals surface area contributed by atoms with Crippen LogP contribution in [0.2, 0.25) is 0 Å². The van der Waals surface area contributed by atoms with E-state index in [0.717, 1.165) is 12.8 Å². The molecule has 0 aliphatic heterocycles. The van der Waals surface area contributed by atoms with Gasteiger partial charge in [0.15, 0.2) is 0 Å². The number of hydrogen-bond acceptors (Lipinski definition) is 1. The summed E-state index contributed by atoms with van der Waals surface area (Å²) in [5, 5.41) is 0. The first-order chi connectivity index (χ1) is 25.0. The van der Waals surface area contributed by atoms with Crippen molar-refractivity contribution >= 4 is 17.1 Å². The first kappa shape index (κ1) is 33.0. The molecule has 0 bridgehead atoms. The van der Waals surface area contributed by atoms with Gasteiger partial charge in [-0.05, 0) is 141 Å². The van der Waals surface area contributed by atoms with E-state index < -0.39 is 0 Å². The molecule has 1 nitrogen and oxygen atoms in total. The van der Waals surface area contributed by atoms with Crippen LogP contribution in [0.15, 0.2) is 127 Å². The molecule has 6 aromatic rings. The normalized spacial score (nSPS) is 17.4. The number of para-hydroxylation sites is 1. The molecular formula is C51H51N. The third-order valence-corrected chi connectivity index (χ3v) is 12.9. The fourth-order valence-corrected chi connectivity index (χ4v) is 9.88. The van der Waals surface area contributed by atoms with Crippen LogP contribution in [0.3, 0.4) is 0 Å². The summed E-state index contributed by atoms with van der Waals surface area (Å²) in [6, 6.07) is 48.7. The molecule has 0 unspecified atom stereocenters. The summed E-state index contributed by atoms with van der Waals surface area (Å²) in [5.41, 5.74) is 20.6. The molecule has 0 fully saturated rings. The van der Waals surface area contributed by atoms with E-state index in [4.69, 9.17) is 0 Å². The Hall–Kier alpha value is -4.88. The van der Waals surface area contributed by atoms with Crippen LogP contribution >= 0.6 is 0 Å². The Kier molecular flexibility index (Phi) is 7.67. The van der Waals surface area contributed by atoms with Crippen molar-refractivity contribution in [2.24, 2.45) is 0 Å². The molecule has 0 radical (unpaired) electrons. The number of hydrogen-bond donors (Lipinski definition) is 0. The maximum Gasteiger partial charge on any atom is 0.0543 e. The number of rotatable bonds is 5. The summed E-state index contributed by atoms with van der Waals surface area (Å²) >= 11 is 0. The van der Waals surface area contributed by atoms with E-state index in [9.17, 15) is 0 Å². The van der Waals surface area contributed by atoms with Crippen LogP contribution in [0.5, 0.6) is 0 Å². The van der Waals surface area contributed by atoms with Gasteiger partial charge in [-0.1, -0.05) is 133 Å². The fourth-order valence-electron chi connectivity index (χ4n) is 9.88. The lowest BCUT2D eigenvalue weighted by atomic mass is 9.61. The van der Waals surface area contributed by atoms with Gasteiger partial charge >= 0.3 is 0 Å². The number of anilines is 3. The summed E-state index contributed by atoms with van der Waals surface area (Å²) in [4.78, 5) is 2.62. The van der Waals surface area contributed by atoms with Gasteiger partial charge in [-0.15, -0.1) is 0 Å². The molecule has 0 heterocycles. The maximum atomic E-state index is 2.62. The third kappa shape index (κ3) is 5.19. The molecule has 0 spiro atoms. The summed E-state index contributed by atoms with van der Waals surface area (Å²) in [6.07, 6.45) is 7.17. The van der Waals surface area contributed by atoms with E-state index in [1.165, 1.54) is 110 Å². The SMILES string of the molecule is CC1(C)CCC(C)(C)c2c(-c3cc4c(cc3N(c3ccccc3)c3cc5c(cc3-c3ccccc3)CCCC5)C(C)(C)c3ccccc3-4)cccc21. The van der Waals surface area contributed by atoms with Crippen LogP contribution in [0.4, 0.5) is 17.1 Å². The molecule has 9 rings (SSSR count). The van der Waals surface area contributed by atoms with Crippen LogP contribution in [-0.4, -0.2) is 0 Å². The van der Waals surface area contributed by atoms with Gasteiger partial charge in [0, 0.05) is 22.2 Å². The van der Waals surface area contributed by atoms with Crippen molar-refractivity contribution in [1.82, 2.24) is 0 Å². The van der Waals surface area contributed by atoms with E-state index in [-0.39, 0.29) is 16.2 Å². The second kappa shape index (κ2) is 12.1. The average Bonchev–Trinajstić information content (AvgIpc) is 3.39.